The first-order chi connectivity index (χ1) is 11.1. The van der Waals surface area contributed by atoms with E-state index in [0.29, 0.717) is 29.4 Å². The Morgan fingerprint density at radius 3 is 2.61 bits per heavy atom. The molecule has 0 saturated carbocycles. The van der Waals surface area contributed by atoms with Gasteiger partial charge < -0.3 is 10.6 Å². The van der Waals surface area contributed by atoms with Crippen molar-refractivity contribution in [2.45, 2.75) is 6.54 Å². The summed E-state index contributed by atoms with van der Waals surface area (Å²) in [6, 6.07) is 10.9. The molecule has 2 heterocycles. The molecule has 5 nitrogen and oxygen atoms in total. The van der Waals surface area contributed by atoms with Gasteiger partial charge in [-0.05, 0) is 30.3 Å². The highest BCUT2D eigenvalue weighted by Gasteiger charge is 2.23. The maximum Gasteiger partial charge on any atom is 0.255 e. The van der Waals surface area contributed by atoms with E-state index in [1.807, 2.05) is 23.1 Å². The van der Waals surface area contributed by atoms with Crippen molar-refractivity contribution in [3.8, 4) is 0 Å². The van der Waals surface area contributed by atoms with Crippen molar-refractivity contribution in [2.24, 2.45) is 0 Å². The molecule has 120 valence electrons. The van der Waals surface area contributed by atoms with Gasteiger partial charge in [0.25, 0.3) is 5.91 Å². The summed E-state index contributed by atoms with van der Waals surface area (Å²) in [5.74, 6) is -0.0347. The molecule has 0 unspecified atom stereocenters. The normalized spacial score (nSPS) is 15.6. The molecule has 1 saturated heterocycles. The highest BCUT2D eigenvalue weighted by atomic mass is 35.5. The van der Waals surface area contributed by atoms with E-state index in [0.717, 1.165) is 25.3 Å². The molecule has 1 aromatic heterocycles. The number of hydrogen-bond acceptors (Lipinski definition) is 4. The van der Waals surface area contributed by atoms with Gasteiger partial charge in [0.15, 0.2) is 0 Å². The summed E-state index contributed by atoms with van der Waals surface area (Å²) < 4.78 is 0. The Kier molecular flexibility index (Phi) is 4.79. The smallest absolute Gasteiger partial charge is 0.255 e. The predicted octanol–water partition coefficient (Wildman–Crippen LogP) is 2.28. The van der Waals surface area contributed by atoms with Crippen molar-refractivity contribution in [3.63, 3.8) is 0 Å². The highest BCUT2D eigenvalue weighted by Crippen LogP contribution is 2.21. The number of piperazine rings is 1. The van der Waals surface area contributed by atoms with Crippen LogP contribution in [0, 0.1) is 0 Å². The summed E-state index contributed by atoms with van der Waals surface area (Å²) in [6.45, 7) is 3.84. The minimum absolute atomic E-state index is 0.0347. The molecule has 0 bridgehead atoms. The van der Waals surface area contributed by atoms with E-state index in [2.05, 4.69) is 9.88 Å². The first-order valence-electron chi connectivity index (χ1n) is 7.60. The Labute approximate surface area is 140 Å². The number of pyridine rings is 1. The van der Waals surface area contributed by atoms with E-state index < -0.39 is 0 Å². The van der Waals surface area contributed by atoms with Crippen molar-refractivity contribution >= 4 is 23.2 Å². The lowest BCUT2D eigenvalue weighted by Gasteiger charge is -2.34. The fourth-order valence-electron chi connectivity index (χ4n) is 2.70. The predicted molar refractivity (Wildman–Crippen MR) is 91.3 cm³/mol. The van der Waals surface area contributed by atoms with Crippen molar-refractivity contribution in [3.05, 3.63) is 58.9 Å². The van der Waals surface area contributed by atoms with Gasteiger partial charge in [0, 0.05) is 44.6 Å². The third-order valence-electron chi connectivity index (χ3n) is 3.99. The number of rotatable bonds is 3. The van der Waals surface area contributed by atoms with Crippen LogP contribution in [0.4, 0.5) is 5.69 Å². The standard InChI is InChI=1S/C17H19ClN4O/c18-16-11-13(19)4-5-15(16)17(23)22-9-7-21(8-10-22)12-14-3-1-2-6-20-14/h1-6,11H,7-10,12,19H2. The molecule has 0 radical (unpaired) electrons. The maximum atomic E-state index is 12.6. The molecule has 1 aromatic carbocycles. The molecule has 1 fully saturated rings. The molecular formula is C17H19ClN4O. The van der Waals surface area contributed by atoms with Crippen LogP contribution in [0.25, 0.3) is 0 Å². The fourth-order valence-corrected chi connectivity index (χ4v) is 2.97. The number of halogens is 1. The Balaban J connectivity index is 1.59. The number of anilines is 1. The number of aromatic nitrogens is 1. The first kappa shape index (κ1) is 15.8. The number of hydrogen-bond donors (Lipinski definition) is 1. The highest BCUT2D eigenvalue weighted by molar-refractivity contribution is 6.34. The van der Waals surface area contributed by atoms with Crippen LogP contribution in [0.5, 0.6) is 0 Å². The molecule has 1 amide bonds. The lowest BCUT2D eigenvalue weighted by Crippen LogP contribution is -2.48. The quantitative estimate of drug-likeness (QED) is 0.877. The fraction of sp³-hybridized carbons (Fsp3) is 0.294. The van der Waals surface area contributed by atoms with Crippen LogP contribution in [0.1, 0.15) is 16.1 Å². The Bertz CT molecular complexity index is 684. The third kappa shape index (κ3) is 3.81. The first-order valence-corrected chi connectivity index (χ1v) is 7.98. The summed E-state index contributed by atoms with van der Waals surface area (Å²) in [5.41, 5.74) is 7.80. The lowest BCUT2D eigenvalue weighted by atomic mass is 10.1. The van der Waals surface area contributed by atoms with Gasteiger partial charge in [0.1, 0.15) is 0 Å². The summed E-state index contributed by atoms with van der Waals surface area (Å²) >= 11 is 6.13. The molecule has 2 aromatic rings. The van der Waals surface area contributed by atoms with Gasteiger partial charge in [-0.3, -0.25) is 14.7 Å². The monoisotopic (exact) mass is 330 g/mol. The molecule has 0 aliphatic carbocycles. The van der Waals surface area contributed by atoms with E-state index in [-0.39, 0.29) is 5.91 Å². The van der Waals surface area contributed by atoms with E-state index in [9.17, 15) is 4.79 Å². The third-order valence-corrected chi connectivity index (χ3v) is 4.31. The number of carbonyl (C=O) groups is 1. The average molecular weight is 331 g/mol. The van der Waals surface area contributed by atoms with Gasteiger partial charge >= 0.3 is 0 Å². The van der Waals surface area contributed by atoms with Crippen LogP contribution >= 0.6 is 11.6 Å². The summed E-state index contributed by atoms with van der Waals surface area (Å²) in [5, 5.41) is 0.408. The van der Waals surface area contributed by atoms with Crippen LogP contribution in [0.15, 0.2) is 42.6 Å². The van der Waals surface area contributed by atoms with Gasteiger partial charge in [-0.2, -0.15) is 0 Å². The second-order valence-corrected chi connectivity index (χ2v) is 6.04. The van der Waals surface area contributed by atoms with Crippen LogP contribution in [0.3, 0.4) is 0 Å². The van der Waals surface area contributed by atoms with E-state index in [1.165, 1.54) is 0 Å². The SMILES string of the molecule is Nc1ccc(C(=O)N2CCN(Cc3ccccn3)CC2)c(Cl)c1. The molecule has 0 spiro atoms. The number of benzene rings is 1. The van der Waals surface area contributed by atoms with E-state index in [1.54, 1.807) is 24.4 Å². The zero-order valence-corrected chi connectivity index (χ0v) is 13.5. The number of nitrogens with zero attached hydrogens (tertiary/aromatic N) is 3. The molecule has 23 heavy (non-hydrogen) atoms. The molecule has 6 heteroatoms. The average Bonchev–Trinajstić information content (AvgIpc) is 2.56. The van der Waals surface area contributed by atoms with Gasteiger partial charge in [0.05, 0.1) is 16.3 Å². The Morgan fingerprint density at radius 2 is 1.96 bits per heavy atom. The Hall–Kier alpha value is -2.11. The minimum atomic E-state index is -0.0347. The number of nitrogens with two attached hydrogens (primary N) is 1. The largest absolute Gasteiger partial charge is 0.399 e. The van der Waals surface area contributed by atoms with Crippen molar-refractivity contribution in [2.75, 3.05) is 31.9 Å². The summed E-state index contributed by atoms with van der Waals surface area (Å²) in [6.07, 6.45) is 1.80. The lowest BCUT2D eigenvalue weighted by molar-refractivity contribution is 0.0627. The van der Waals surface area contributed by atoms with E-state index >= 15 is 0 Å². The topological polar surface area (TPSA) is 62.5 Å². The number of nitrogen functional groups attached to an aromatic ring is 1. The van der Waals surface area contributed by atoms with Crippen LogP contribution in [-0.4, -0.2) is 46.9 Å². The summed E-state index contributed by atoms with van der Waals surface area (Å²) in [4.78, 5) is 21.1. The Morgan fingerprint density at radius 1 is 1.17 bits per heavy atom. The zero-order chi connectivity index (χ0) is 16.2. The van der Waals surface area contributed by atoms with Crippen LogP contribution in [-0.2, 0) is 6.54 Å². The van der Waals surface area contributed by atoms with Crippen molar-refractivity contribution in [1.82, 2.24) is 14.8 Å². The second kappa shape index (κ2) is 6.98. The van der Waals surface area contributed by atoms with Crippen LogP contribution < -0.4 is 5.73 Å². The van der Waals surface area contributed by atoms with E-state index in [4.69, 9.17) is 17.3 Å². The van der Waals surface area contributed by atoms with Crippen molar-refractivity contribution < 1.29 is 4.79 Å². The van der Waals surface area contributed by atoms with Gasteiger partial charge in [-0.25, -0.2) is 0 Å². The minimum Gasteiger partial charge on any atom is -0.399 e. The van der Waals surface area contributed by atoms with Gasteiger partial charge in [-0.15, -0.1) is 0 Å². The number of carbonyl (C=O) groups excluding carboxylic acids is 1. The van der Waals surface area contributed by atoms with Gasteiger partial charge in [-0.1, -0.05) is 17.7 Å². The maximum absolute atomic E-state index is 12.6. The zero-order valence-electron chi connectivity index (χ0n) is 12.8. The summed E-state index contributed by atoms with van der Waals surface area (Å²) in [7, 11) is 0. The van der Waals surface area contributed by atoms with Crippen molar-refractivity contribution in [1.29, 1.82) is 0 Å². The molecule has 1 aliphatic rings. The molecule has 3 rings (SSSR count). The molecular weight excluding hydrogens is 312 g/mol. The van der Waals surface area contributed by atoms with Crippen LogP contribution in [0.2, 0.25) is 5.02 Å². The molecule has 1 aliphatic heterocycles. The van der Waals surface area contributed by atoms with Gasteiger partial charge in [0.2, 0.25) is 0 Å². The molecule has 2 N–H and O–H groups in total. The number of amides is 1. The second-order valence-electron chi connectivity index (χ2n) is 5.63. The molecule has 0 atom stereocenters.